The number of primary amides is 1. The topological polar surface area (TPSA) is 522 Å². The monoisotopic (exact) mass is 1130 g/mol. The summed E-state index contributed by atoms with van der Waals surface area (Å²) in [5.74, 6) is -13.8. The van der Waals surface area contributed by atoms with Gasteiger partial charge in [-0.05, 0) is 68.1 Å². The predicted molar refractivity (Wildman–Crippen MR) is 282 cm³/mol. The summed E-state index contributed by atoms with van der Waals surface area (Å²) >= 11 is 0. The third-order valence-electron chi connectivity index (χ3n) is 12.6. The van der Waals surface area contributed by atoms with Crippen LogP contribution in [0.5, 0.6) is 5.75 Å². The zero-order valence-corrected chi connectivity index (χ0v) is 45.1. The number of carbonyl (C=O) groups excluding carboxylic acids is 10. The number of benzene rings is 1. The zero-order chi connectivity index (χ0) is 60.4. The fraction of sp³-hybridized carbons (Fsp3) is 0.612. The molecule has 10 amide bonds. The molecular weight excluding hydrogens is 1060 g/mol. The minimum absolute atomic E-state index is 0.00133. The van der Waals surface area contributed by atoms with Crippen molar-refractivity contribution in [1.82, 2.24) is 47.4 Å². The SMILES string of the molecule is CC[C@H](C)[C@H](NC(=O)CNC(=O)[C@H](CCCN=C(N)N)NC(=O)[C@H](Cc1ccc(O)cc1)NC(=O)[C@@H](N)CO)C(=O)N[C@@H](CO)C(=O)N1CCC[C@H]1C(=O)N[C@@H](CCC(N)=O)C(=O)N[C@@H](CC(=O)O)C(=O)N[C@@H](CC(C)C)C(=O)O. The number of hydrogen-bond acceptors (Lipinski definition) is 17. The van der Waals surface area contributed by atoms with Gasteiger partial charge in [0.25, 0.3) is 0 Å². The number of aliphatic hydroxyl groups excluding tert-OH is 2. The molecule has 0 radical (unpaired) electrons. The van der Waals surface area contributed by atoms with Crippen molar-refractivity contribution in [3.05, 3.63) is 29.8 Å². The van der Waals surface area contributed by atoms with Crippen molar-refractivity contribution >= 4 is 77.0 Å². The quantitative estimate of drug-likeness (QED) is 0.0171. The molecule has 31 nitrogen and oxygen atoms in total. The van der Waals surface area contributed by atoms with Gasteiger partial charge >= 0.3 is 11.9 Å². The Morgan fingerprint density at radius 2 is 1.27 bits per heavy atom. The molecule has 0 unspecified atom stereocenters. The van der Waals surface area contributed by atoms with Crippen molar-refractivity contribution in [2.24, 2.45) is 39.8 Å². The van der Waals surface area contributed by atoms with Gasteiger partial charge in [-0.25, -0.2) is 4.79 Å². The first-order valence-corrected chi connectivity index (χ1v) is 25.9. The molecule has 80 heavy (non-hydrogen) atoms. The van der Waals surface area contributed by atoms with E-state index in [9.17, 15) is 83.1 Å². The number of carbonyl (C=O) groups is 12. The van der Waals surface area contributed by atoms with Crippen molar-refractivity contribution in [1.29, 1.82) is 0 Å². The fourth-order valence-electron chi connectivity index (χ4n) is 8.10. The lowest BCUT2D eigenvalue weighted by molar-refractivity contribution is -0.144. The maximum atomic E-state index is 14.0. The van der Waals surface area contributed by atoms with Crippen LogP contribution in [0.4, 0.5) is 0 Å². The molecule has 446 valence electrons. The number of aliphatic carboxylic acids is 2. The molecule has 0 saturated carbocycles. The zero-order valence-electron chi connectivity index (χ0n) is 45.1. The van der Waals surface area contributed by atoms with E-state index in [4.69, 9.17) is 22.9 Å². The number of aliphatic imine (C=N–C) groups is 1. The van der Waals surface area contributed by atoms with E-state index in [0.717, 1.165) is 4.90 Å². The van der Waals surface area contributed by atoms with Gasteiger partial charge in [0.2, 0.25) is 59.1 Å². The van der Waals surface area contributed by atoms with Crippen LogP contribution in [0.15, 0.2) is 29.3 Å². The highest BCUT2D eigenvalue weighted by atomic mass is 16.4. The van der Waals surface area contributed by atoms with E-state index in [0.29, 0.717) is 5.56 Å². The fourth-order valence-corrected chi connectivity index (χ4v) is 8.10. The van der Waals surface area contributed by atoms with Crippen LogP contribution < -0.4 is 65.5 Å². The van der Waals surface area contributed by atoms with Gasteiger partial charge in [0.05, 0.1) is 26.2 Å². The van der Waals surface area contributed by atoms with Gasteiger partial charge in [-0.3, -0.25) is 57.7 Å². The standard InChI is InChI=1S/C49H78N14O17/c1-5-25(4)39(62-37(68)21-55-41(72)29(8-6-16-54-49(52)53)56-43(74)31(58-40(71)28(50)22-64)19-26-10-12-27(66)13-11-26)46(77)61-34(23-65)47(78)63-17-7-9-35(63)45(76)57-30(14-15-36(51)67)42(73)59-32(20-38(69)70)44(75)60-33(48(79)80)18-24(2)3/h10-13,24-25,28-35,39,64-66H,5-9,14-23,50H2,1-4H3,(H2,51,67)(H,55,72)(H,56,74)(H,57,76)(H,58,71)(H,59,73)(H,60,75)(H,61,77)(H,62,68)(H,69,70)(H,79,80)(H4,52,53,54)/t25-,28-,29-,30-,31-,32-,33-,34-,35-,39-/m0/s1. The Bertz CT molecular complexity index is 2370. The van der Waals surface area contributed by atoms with Crippen molar-refractivity contribution in [3.8, 4) is 5.75 Å². The van der Waals surface area contributed by atoms with Crippen LogP contribution in [0.1, 0.15) is 91.0 Å². The molecule has 2 rings (SSSR count). The molecule has 0 bridgehead atoms. The lowest BCUT2D eigenvalue weighted by Gasteiger charge is -2.31. The number of amides is 10. The van der Waals surface area contributed by atoms with Gasteiger partial charge in [-0.1, -0.05) is 46.2 Å². The van der Waals surface area contributed by atoms with E-state index < -0.39 is 170 Å². The summed E-state index contributed by atoms with van der Waals surface area (Å²) in [6.07, 6.45) is -1.65. The second kappa shape index (κ2) is 34.0. The summed E-state index contributed by atoms with van der Waals surface area (Å²) < 4.78 is 0. The van der Waals surface area contributed by atoms with E-state index in [1.165, 1.54) is 24.3 Å². The first kappa shape index (κ1) is 67.9. The highest BCUT2D eigenvalue weighted by molar-refractivity contribution is 5.99. The van der Waals surface area contributed by atoms with E-state index in [1.807, 2.05) is 0 Å². The molecule has 0 aliphatic carbocycles. The molecule has 0 spiro atoms. The van der Waals surface area contributed by atoms with Gasteiger partial charge in [0, 0.05) is 25.9 Å². The Hall–Kier alpha value is -8.19. The van der Waals surface area contributed by atoms with E-state index in [1.54, 1.807) is 27.7 Å². The summed E-state index contributed by atoms with van der Waals surface area (Å²) in [5.41, 5.74) is 22.3. The Morgan fingerprint density at radius 3 is 1.84 bits per heavy atom. The number of aliphatic hydroxyl groups is 2. The van der Waals surface area contributed by atoms with Gasteiger partial charge < -0.3 is 95.9 Å². The van der Waals surface area contributed by atoms with Crippen molar-refractivity contribution in [2.45, 2.75) is 146 Å². The van der Waals surface area contributed by atoms with E-state index in [-0.39, 0.29) is 75.7 Å². The summed E-state index contributed by atoms with van der Waals surface area (Å²) in [6, 6.07) is -7.88. The van der Waals surface area contributed by atoms with Crippen LogP contribution in [-0.2, 0) is 64.0 Å². The molecule has 31 heteroatoms. The third-order valence-corrected chi connectivity index (χ3v) is 12.6. The third kappa shape index (κ3) is 23.4. The number of phenols is 1. The number of nitrogens with two attached hydrogens (primary N) is 4. The number of rotatable bonds is 35. The summed E-state index contributed by atoms with van der Waals surface area (Å²) in [6.45, 7) is 4.05. The second-order valence-corrected chi connectivity index (χ2v) is 19.6. The van der Waals surface area contributed by atoms with Crippen LogP contribution >= 0.6 is 0 Å². The van der Waals surface area contributed by atoms with Gasteiger partial charge in [0.15, 0.2) is 5.96 Å². The van der Waals surface area contributed by atoms with Crippen molar-refractivity contribution in [3.63, 3.8) is 0 Å². The number of phenolic OH excluding ortho intramolecular Hbond substituents is 1. The number of carboxylic acids is 2. The first-order chi connectivity index (χ1) is 37.6. The number of likely N-dealkylation sites (tertiary alicyclic amines) is 1. The number of nitrogens with zero attached hydrogens (tertiary/aromatic N) is 2. The lowest BCUT2D eigenvalue weighted by atomic mass is 9.97. The number of guanidine groups is 1. The van der Waals surface area contributed by atoms with E-state index >= 15 is 0 Å². The molecule has 1 saturated heterocycles. The summed E-state index contributed by atoms with van der Waals surface area (Å²) in [4.78, 5) is 162. The van der Waals surface area contributed by atoms with Crippen LogP contribution in [0.3, 0.4) is 0 Å². The molecule has 10 atom stereocenters. The molecule has 1 heterocycles. The molecule has 0 aromatic heterocycles. The molecular formula is C49H78N14O17. The van der Waals surface area contributed by atoms with Crippen molar-refractivity contribution in [2.75, 3.05) is 32.8 Å². The molecule has 1 aliphatic heterocycles. The molecule has 1 aromatic rings. The Balaban J connectivity index is 2.27. The highest BCUT2D eigenvalue weighted by Gasteiger charge is 2.41. The molecule has 1 aromatic carbocycles. The number of hydrogen-bond donors (Lipinski definition) is 17. The minimum Gasteiger partial charge on any atom is -0.508 e. The summed E-state index contributed by atoms with van der Waals surface area (Å²) in [5, 5.41) is 67.8. The van der Waals surface area contributed by atoms with Crippen molar-refractivity contribution < 1.29 is 83.1 Å². The first-order valence-electron chi connectivity index (χ1n) is 25.9. The van der Waals surface area contributed by atoms with Gasteiger partial charge in [-0.15, -0.1) is 0 Å². The van der Waals surface area contributed by atoms with E-state index in [2.05, 4.69) is 47.5 Å². The average molecular weight is 1140 g/mol. The molecule has 21 N–H and O–H groups in total. The van der Waals surface area contributed by atoms with Crippen LogP contribution in [0, 0.1) is 11.8 Å². The maximum Gasteiger partial charge on any atom is 0.326 e. The second-order valence-electron chi connectivity index (χ2n) is 19.6. The molecule has 1 aliphatic rings. The normalized spacial score (nSPS) is 16.3. The largest absolute Gasteiger partial charge is 0.508 e. The Labute approximate surface area is 460 Å². The number of carboxylic acid groups (broad SMARTS) is 2. The Morgan fingerprint density at radius 1 is 0.700 bits per heavy atom. The molecule has 1 fully saturated rings. The van der Waals surface area contributed by atoms with Crippen LogP contribution in [-0.4, -0.2) is 195 Å². The minimum atomic E-state index is -1.85. The smallest absolute Gasteiger partial charge is 0.326 e. The van der Waals surface area contributed by atoms with Gasteiger partial charge in [0.1, 0.15) is 60.1 Å². The van der Waals surface area contributed by atoms with Crippen LogP contribution in [0.25, 0.3) is 0 Å². The highest BCUT2D eigenvalue weighted by Crippen LogP contribution is 2.20. The predicted octanol–water partition coefficient (Wildman–Crippen LogP) is -6.28. The lowest BCUT2D eigenvalue weighted by Crippen LogP contribution is -2.60. The van der Waals surface area contributed by atoms with Gasteiger partial charge in [-0.2, -0.15) is 0 Å². The van der Waals surface area contributed by atoms with Crippen LogP contribution in [0.2, 0.25) is 0 Å². The number of nitrogens with one attached hydrogen (secondary N) is 8. The number of aromatic hydroxyl groups is 1. The average Bonchev–Trinajstić information content (AvgIpc) is 3.90. The summed E-state index contributed by atoms with van der Waals surface area (Å²) in [7, 11) is 0. The maximum absolute atomic E-state index is 14.0. The Kier molecular flexibility index (Phi) is 28.8.